The van der Waals surface area contributed by atoms with Crippen LogP contribution in [0.4, 0.5) is 13.2 Å². The van der Waals surface area contributed by atoms with Gasteiger partial charge in [0, 0.05) is 6.42 Å². The first kappa shape index (κ1) is 14.9. The standard InChI is InChI=1S/C10H16F3N3O2/c1-2-7(4-14)3-9-15-8(16-18-9)5-17-6-10(11,12)13/h7H,2-6,14H2,1H3. The number of nitrogens with two attached hydrogens (primary N) is 1. The number of hydrogen-bond donors (Lipinski definition) is 1. The molecule has 0 amide bonds. The van der Waals surface area contributed by atoms with E-state index in [-0.39, 0.29) is 18.3 Å². The number of ether oxygens (including phenoxy) is 1. The third kappa shape index (κ3) is 5.46. The minimum atomic E-state index is -4.35. The second kappa shape index (κ2) is 6.69. The van der Waals surface area contributed by atoms with Gasteiger partial charge in [-0.15, -0.1) is 0 Å². The lowest BCUT2D eigenvalue weighted by atomic mass is 10.0. The van der Waals surface area contributed by atoms with Crippen molar-refractivity contribution in [2.75, 3.05) is 13.2 Å². The van der Waals surface area contributed by atoms with E-state index in [0.717, 1.165) is 6.42 Å². The molecule has 1 unspecified atom stereocenters. The van der Waals surface area contributed by atoms with E-state index in [1.165, 1.54) is 0 Å². The van der Waals surface area contributed by atoms with E-state index in [2.05, 4.69) is 14.9 Å². The van der Waals surface area contributed by atoms with E-state index < -0.39 is 12.8 Å². The molecular weight excluding hydrogens is 251 g/mol. The zero-order chi connectivity index (χ0) is 13.6. The fourth-order valence-electron chi connectivity index (χ4n) is 1.33. The van der Waals surface area contributed by atoms with Crippen LogP contribution >= 0.6 is 0 Å². The van der Waals surface area contributed by atoms with Gasteiger partial charge in [0.25, 0.3) is 0 Å². The van der Waals surface area contributed by atoms with Crippen LogP contribution in [-0.2, 0) is 17.8 Å². The minimum absolute atomic E-state index is 0.112. The molecule has 0 fully saturated rings. The van der Waals surface area contributed by atoms with Crippen LogP contribution in [-0.4, -0.2) is 29.5 Å². The Bertz CT molecular complexity index is 350. The first-order chi connectivity index (χ1) is 8.44. The summed E-state index contributed by atoms with van der Waals surface area (Å²) in [5, 5.41) is 3.54. The van der Waals surface area contributed by atoms with Gasteiger partial charge in [0.2, 0.25) is 5.89 Å². The fourth-order valence-corrected chi connectivity index (χ4v) is 1.33. The van der Waals surface area contributed by atoms with Gasteiger partial charge in [-0.25, -0.2) is 0 Å². The van der Waals surface area contributed by atoms with E-state index in [4.69, 9.17) is 10.3 Å². The molecule has 104 valence electrons. The Labute approximate surface area is 102 Å². The minimum Gasteiger partial charge on any atom is -0.364 e. The predicted octanol–water partition coefficient (Wildman–Crippen LogP) is 1.68. The molecule has 0 radical (unpaired) electrons. The van der Waals surface area contributed by atoms with Crippen molar-refractivity contribution in [1.29, 1.82) is 0 Å². The van der Waals surface area contributed by atoms with Crippen LogP contribution in [0.2, 0.25) is 0 Å². The Morgan fingerprint density at radius 2 is 2.17 bits per heavy atom. The SMILES string of the molecule is CCC(CN)Cc1nc(COCC(F)(F)F)no1. The number of alkyl halides is 3. The topological polar surface area (TPSA) is 74.2 Å². The van der Waals surface area contributed by atoms with Crippen molar-refractivity contribution in [3.63, 3.8) is 0 Å². The maximum absolute atomic E-state index is 11.8. The molecule has 8 heteroatoms. The lowest BCUT2D eigenvalue weighted by Gasteiger charge is -2.07. The lowest BCUT2D eigenvalue weighted by Crippen LogP contribution is -2.17. The summed E-state index contributed by atoms with van der Waals surface area (Å²) < 4.78 is 44.8. The summed E-state index contributed by atoms with van der Waals surface area (Å²) >= 11 is 0. The number of rotatable bonds is 7. The fraction of sp³-hybridized carbons (Fsp3) is 0.800. The molecule has 0 spiro atoms. The Hall–Kier alpha value is -1.15. The first-order valence-corrected chi connectivity index (χ1v) is 5.60. The Morgan fingerprint density at radius 1 is 1.44 bits per heavy atom. The van der Waals surface area contributed by atoms with Crippen molar-refractivity contribution < 1.29 is 22.4 Å². The molecule has 1 atom stereocenters. The summed E-state index contributed by atoms with van der Waals surface area (Å²) in [6, 6.07) is 0. The molecule has 0 aliphatic carbocycles. The Kier molecular flexibility index (Phi) is 5.54. The van der Waals surface area contributed by atoms with E-state index in [1.807, 2.05) is 6.92 Å². The van der Waals surface area contributed by atoms with E-state index in [1.54, 1.807) is 0 Å². The molecule has 5 nitrogen and oxygen atoms in total. The molecule has 0 aliphatic rings. The first-order valence-electron chi connectivity index (χ1n) is 5.60. The second-order valence-electron chi connectivity index (χ2n) is 3.93. The largest absolute Gasteiger partial charge is 0.411 e. The predicted molar refractivity (Wildman–Crippen MR) is 56.5 cm³/mol. The average molecular weight is 267 g/mol. The van der Waals surface area contributed by atoms with Gasteiger partial charge in [-0.2, -0.15) is 18.2 Å². The maximum atomic E-state index is 11.8. The van der Waals surface area contributed by atoms with E-state index >= 15 is 0 Å². The molecule has 0 aliphatic heterocycles. The molecule has 0 bridgehead atoms. The molecule has 1 aromatic heterocycles. The molecule has 2 N–H and O–H groups in total. The molecule has 0 saturated heterocycles. The smallest absolute Gasteiger partial charge is 0.364 e. The third-order valence-electron chi connectivity index (χ3n) is 2.38. The Balaban J connectivity index is 2.39. The Morgan fingerprint density at radius 3 is 2.72 bits per heavy atom. The highest BCUT2D eigenvalue weighted by molar-refractivity contribution is 4.86. The number of hydrogen-bond acceptors (Lipinski definition) is 5. The van der Waals surface area contributed by atoms with E-state index in [0.29, 0.717) is 18.9 Å². The maximum Gasteiger partial charge on any atom is 0.411 e. The van der Waals surface area contributed by atoms with Crippen LogP contribution in [0.25, 0.3) is 0 Å². The van der Waals surface area contributed by atoms with Gasteiger partial charge >= 0.3 is 6.18 Å². The van der Waals surface area contributed by atoms with Gasteiger partial charge in [-0.05, 0) is 12.5 Å². The summed E-state index contributed by atoms with van der Waals surface area (Å²) in [6.07, 6.45) is -2.95. The van der Waals surface area contributed by atoms with Crippen LogP contribution in [0, 0.1) is 5.92 Å². The molecule has 1 rings (SSSR count). The monoisotopic (exact) mass is 267 g/mol. The third-order valence-corrected chi connectivity index (χ3v) is 2.38. The van der Waals surface area contributed by atoms with E-state index in [9.17, 15) is 13.2 Å². The summed E-state index contributed by atoms with van der Waals surface area (Å²) in [6.45, 7) is 0.847. The van der Waals surface area contributed by atoms with Crippen LogP contribution in [0.15, 0.2) is 4.52 Å². The van der Waals surface area contributed by atoms with Gasteiger partial charge < -0.3 is 15.0 Å². The van der Waals surface area contributed by atoms with Crippen LogP contribution < -0.4 is 5.73 Å². The summed E-state index contributed by atoms with van der Waals surface area (Å²) in [4.78, 5) is 3.94. The second-order valence-corrected chi connectivity index (χ2v) is 3.93. The summed E-state index contributed by atoms with van der Waals surface area (Å²) in [5.41, 5.74) is 5.53. The van der Waals surface area contributed by atoms with Gasteiger partial charge in [0.1, 0.15) is 13.2 Å². The number of halogens is 3. The van der Waals surface area contributed by atoms with Crippen LogP contribution in [0.5, 0.6) is 0 Å². The highest BCUT2D eigenvalue weighted by Gasteiger charge is 2.27. The number of nitrogens with zero attached hydrogens (tertiary/aromatic N) is 2. The van der Waals surface area contributed by atoms with Gasteiger partial charge in [-0.1, -0.05) is 18.5 Å². The van der Waals surface area contributed by atoms with Crippen molar-refractivity contribution in [1.82, 2.24) is 10.1 Å². The normalized spacial score (nSPS) is 13.8. The number of aromatic nitrogens is 2. The molecule has 1 heterocycles. The van der Waals surface area contributed by atoms with Gasteiger partial charge in [-0.3, -0.25) is 0 Å². The molecule has 1 aromatic rings. The quantitative estimate of drug-likeness (QED) is 0.813. The van der Waals surface area contributed by atoms with Crippen molar-refractivity contribution in [3.8, 4) is 0 Å². The molecule has 0 saturated carbocycles. The molecular formula is C10H16F3N3O2. The zero-order valence-electron chi connectivity index (χ0n) is 10.0. The molecule has 0 aromatic carbocycles. The van der Waals surface area contributed by atoms with Gasteiger partial charge in [0.05, 0.1) is 0 Å². The van der Waals surface area contributed by atoms with Crippen LogP contribution in [0.3, 0.4) is 0 Å². The van der Waals surface area contributed by atoms with Crippen LogP contribution in [0.1, 0.15) is 25.1 Å². The lowest BCUT2D eigenvalue weighted by molar-refractivity contribution is -0.177. The summed E-state index contributed by atoms with van der Waals surface area (Å²) in [7, 11) is 0. The summed E-state index contributed by atoms with van der Waals surface area (Å²) in [5.74, 6) is 0.716. The van der Waals surface area contributed by atoms with Crippen molar-refractivity contribution >= 4 is 0 Å². The molecule has 18 heavy (non-hydrogen) atoms. The highest BCUT2D eigenvalue weighted by atomic mass is 19.4. The zero-order valence-corrected chi connectivity index (χ0v) is 10.0. The van der Waals surface area contributed by atoms with Crippen molar-refractivity contribution in [3.05, 3.63) is 11.7 Å². The average Bonchev–Trinajstić information content (AvgIpc) is 2.72. The highest BCUT2D eigenvalue weighted by Crippen LogP contribution is 2.15. The van der Waals surface area contributed by atoms with Gasteiger partial charge in [0.15, 0.2) is 5.82 Å². The van der Waals surface area contributed by atoms with Crippen molar-refractivity contribution in [2.45, 2.75) is 32.5 Å². The van der Waals surface area contributed by atoms with Crippen molar-refractivity contribution in [2.24, 2.45) is 11.7 Å².